The van der Waals surface area contributed by atoms with Crippen LogP contribution in [0.5, 0.6) is 0 Å². The van der Waals surface area contributed by atoms with Gasteiger partial charge in [0, 0.05) is 10.4 Å². The van der Waals surface area contributed by atoms with Crippen LogP contribution in [0.1, 0.15) is 13.8 Å². The zero-order valence-corrected chi connectivity index (χ0v) is 11.1. The van der Waals surface area contributed by atoms with E-state index in [9.17, 15) is 9.90 Å². The van der Waals surface area contributed by atoms with Crippen molar-refractivity contribution in [2.45, 2.75) is 13.8 Å². The first-order chi connectivity index (χ1) is 5.13. The Balaban J connectivity index is -0.000000150. The fraction of sp³-hybridized carbons (Fsp3) is 0.400. The zero-order chi connectivity index (χ0) is 10.4. The smallest absolute Gasteiger partial charge is 0.876 e. The molecule has 0 aromatic heterocycles. The molecule has 0 aromatic carbocycles. The van der Waals surface area contributed by atoms with Gasteiger partial charge in [0.05, 0.1) is 0 Å². The van der Waals surface area contributed by atoms with Crippen LogP contribution in [-0.2, 0) is 15.2 Å². The molecule has 6 nitrogen and oxygen atoms in total. The van der Waals surface area contributed by atoms with Crippen LogP contribution in [0.4, 0.5) is 0 Å². The Hall–Kier alpha value is -0.0499. The Labute approximate surface area is 95.0 Å². The van der Waals surface area contributed by atoms with Gasteiger partial charge in [-0.3, -0.25) is 13.2 Å². The van der Waals surface area contributed by atoms with Gasteiger partial charge in [-0.15, -0.1) is 5.76 Å². The topological polar surface area (TPSA) is 120 Å². The number of hydrogen-bond acceptors (Lipinski definition) is 6. The van der Waals surface area contributed by atoms with Crippen LogP contribution in [0.15, 0.2) is 11.8 Å². The molecule has 8 heteroatoms. The van der Waals surface area contributed by atoms with E-state index in [1.54, 1.807) is 0 Å². The van der Waals surface area contributed by atoms with E-state index in [0.29, 0.717) is 0 Å². The van der Waals surface area contributed by atoms with E-state index >= 15 is 0 Å². The maximum Gasteiger partial charge on any atom is 3.00 e. The van der Waals surface area contributed by atoms with E-state index in [2.05, 4.69) is 0 Å². The van der Waals surface area contributed by atoms with E-state index in [1.165, 1.54) is 13.8 Å². The van der Waals surface area contributed by atoms with Crippen molar-refractivity contribution < 1.29 is 27.4 Å². The Bertz CT molecular complexity index is 255. The van der Waals surface area contributed by atoms with E-state index in [4.69, 9.17) is 17.5 Å². The third-order valence-electron chi connectivity index (χ3n) is 0.407. The number of carbonyl (C=O) groups excluding carboxylic acids is 1. The summed E-state index contributed by atoms with van der Waals surface area (Å²) in [6.07, 6.45) is 1.06. The van der Waals surface area contributed by atoms with Gasteiger partial charge in [0.25, 0.3) is 0 Å². The predicted octanol–water partition coefficient (Wildman–Crippen LogP) is -1.88. The number of ketones is 1. The van der Waals surface area contributed by atoms with Crippen LogP contribution in [0, 0.1) is 0 Å². The third kappa shape index (κ3) is 75.8. The molecule has 0 amide bonds. The minimum absolute atomic E-state index is 0. The molecule has 0 aliphatic rings. The first-order valence-electron chi connectivity index (χ1n) is 2.65. The Morgan fingerprint density at radius 1 is 1.23 bits per heavy atom. The number of rotatable bonds is 1. The van der Waals surface area contributed by atoms with E-state index in [-0.39, 0.29) is 37.4 Å². The molecule has 72 valence electrons. The number of allylic oxidation sites excluding steroid dienone is 2. The minimum atomic E-state index is -5.17. The van der Waals surface area contributed by atoms with Gasteiger partial charge in [-0.25, -0.2) is 0 Å². The number of hydrogen-bond donors (Lipinski definition) is 0. The molecule has 0 saturated heterocycles. The summed E-state index contributed by atoms with van der Waals surface area (Å²) in [6, 6.07) is 0. The van der Waals surface area contributed by atoms with Crippen LogP contribution in [0.2, 0.25) is 0 Å². The summed E-state index contributed by atoms with van der Waals surface area (Å²) in [6.45, 7) is 2.70. The average Bonchev–Trinajstić information content (AvgIpc) is 1.52. The van der Waals surface area contributed by atoms with Gasteiger partial charge in [-0.1, -0.05) is 6.92 Å². The van der Waals surface area contributed by atoms with Gasteiger partial charge < -0.3 is 14.2 Å². The molecule has 0 saturated carbocycles. The van der Waals surface area contributed by atoms with Crippen molar-refractivity contribution in [2.24, 2.45) is 0 Å². The molecule has 0 spiro atoms. The standard InChI is InChI=1S/C5H8O2.In.H2O4S/c1-4(6)3-5(2)7;;1-5(2,3)4/h3,6H,1-2H3;;(H2,1,2,3,4)/q;+3;/p-3/b4-3-;;. The molecular formula is C5H7InO6S. The normalized spacial score (nSPS) is 10.6. The minimum Gasteiger partial charge on any atom is -0.876 e. The molecule has 0 radical (unpaired) electrons. The van der Waals surface area contributed by atoms with Crippen molar-refractivity contribution in [3.05, 3.63) is 11.8 Å². The van der Waals surface area contributed by atoms with Gasteiger partial charge in [0.1, 0.15) is 0 Å². The van der Waals surface area contributed by atoms with Crippen LogP contribution in [0.3, 0.4) is 0 Å². The maximum atomic E-state index is 9.98. The Morgan fingerprint density at radius 3 is 1.46 bits per heavy atom. The predicted molar refractivity (Wildman–Crippen MR) is 40.7 cm³/mol. The molecule has 0 heterocycles. The summed E-state index contributed by atoms with van der Waals surface area (Å²) < 4.78 is 34.1. The fourth-order valence-corrected chi connectivity index (χ4v) is 0.286. The molecule has 13 heavy (non-hydrogen) atoms. The van der Waals surface area contributed by atoms with E-state index < -0.39 is 10.4 Å². The second-order valence-electron chi connectivity index (χ2n) is 1.77. The summed E-state index contributed by atoms with van der Waals surface area (Å²) >= 11 is 0. The second-order valence-corrected chi connectivity index (χ2v) is 2.59. The fourth-order valence-electron chi connectivity index (χ4n) is 0.286. The van der Waals surface area contributed by atoms with Gasteiger partial charge in [-0.05, 0) is 13.0 Å². The monoisotopic (exact) mass is 310 g/mol. The van der Waals surface area contributed by atoms with Crippen LogP contribution in [-0.4, -0.2) is 49.1 Å². The van der Waals surface area contributed by atoms with Crippen LogP contribution in [0.25, 0.3) is 0 Å². The summed E-state index contributed by atoms with van der Waals surface area (Å²) in [7, 11) is -5.17. The van der Waals surface area contributed by atoms with Gasteiger partial charge >= 0.3 is 25.8 Å². The Morgan fingerprint density at radius 2 is 1.46 bits per heavy atom. The molecule has 0 aliphatic carbocycles. The summed E-state index contributed by atoms with van der Waals surface area (Å²) in [5.74, 6) is -0.375. The van der Waals surface area contributed by atoms with Crippen molar-refractivity contribution in [1.82, 2.24) is 0 Å². The van der Waals surface area contributed by atoms with Crippen LogP contribution >= 0.6 is 0 Å². The quantitative estimate of drug-likeness (QED) is 0.242. The summed E-state index contributed by atoms with van der Waals surface area (Å²) in [4.78, 5) is 9.98. The first-order valence-corrected chi connectivity index (χ1v) is 3.99. The van der Waals surface area contributed by atoms with Crippen molar-refractivity contribution in [3.63, 3.8) is 0 Å². The molecule has 0 atom stereocenters. The maximum absolute atomic E-state index is 9.98. The van der Waals surface area contributed by atoms with Crippen molar-refractivity contribution in [1.29, 1.82) is 0 Å². The molecular weight excluding hydrogens is 303 g/mol. The number of carbonyl (C=O) groups is 1. The molecule has 0 fully saturated rings. The third-order valence-corrected chi connectivity index (χ3v) is 0.407. The van der Waals surface area contributed by atoms with Crippen molar-refractivity contribution >= 4 is 42.0 Å². The second kappa shape index (κ2) is 8.54. The molecule has 0 unspecified atom stereocenters. The molecule has 0 aromatic rings. The first kappa shape index (κ1) is 18.7. The van der Waals surface area contributed by atoms with E-state index in [0.717, 1.165) is 6.08 Å². The summed E-state index contributed by atoms with van der Waals surface area (Å²) in [5.41, 5.74) is 0. The van der Waals surface area contributed by atoms with Gasteiger partial charge in [0.15, 0.2) is 5.78 Å². The van der Waals surface area contributed by atoms with Gasteiger partial charge in [0.2, 0.25) is 0 Å². The van der Waals surface area contributed by atoms with E-state index in [1.807, 2.05) is 0 Å². The van der Waals surface area contributed by atoms with Crippen molar-refractivity contribution in [2.75, 3.05) is 0 Å². The Kier molecular flexibility index (Phi) is 12.3. The largest absolute Gasteiger partial charge is 3.00 e. The van der Waals surface area contributed by atoms with Crippen LogP contribution < -0.4 is 5.11 Å². The SMILES string of the molecule is CC(=O)/C=C(/C)[O-].O=S(=O)([O-])[O-].[In+3]. The molecule has 0 N–H and O–H groups in total. The molecule has 0 rings (SSSR count). The zero-order valence-electron chi connectivity index (χ0n) is 7.01. The van der Waals surface area contributed by atoms with Gasteiger partial charge in [-0.2, -0.15) is 0 Å². The average molecular weight is 310 g/mol. The molecule has 0 bridgehead atoms. The molecule has 0 aliphatic heterocycles. The van der Waals surface area contributed by atoms with Crippen molar-refractivity contribution in [3.8, 4) is 0 Å². The summed E-state index contributed by atoms with van der Waals surface area (Å²) in [5, 5.41) is 9.98.